The molecule has 1 saturated carbocycles. The minimum absolute atomic E-state index is 0.0135. The molecule has 0 spiro atoms. The third-order valence-electron chi connectivity index (χ3n) is 6.69. The number of benzene rings is 3. The lowest BCUT2D eigenvalue weighted by Crippen LogP contribution is -2.28. The van der Waals surface area contributed by atoms with Gasteiger partial charge in [0.1, 0.15) is 11.6 Å². The molecule has 37 heavy (non-hydrogen) atoms. The summed E-state index contributed by atoms with van der Waals surface area (Å²) in [6.45, 7) is 2.37. The first-order chi connectivity index (χ1) is 17.9. The first-order valence-electron chi connectivity index (χ1n) is 12.7. The van der Waals surface area contributed by atoms with Gasteiger partial charge in [-0.25, -0.2) is 4.39 Å². The number of carbonyl (C=O) groups excluding carboxylic acids is 1. The van der Waals surface area contributed by atoms with Gasteiger partial charge in [-0.15, -0.1) is 0 Å². The van der Waals surface area contributed by atoms with Crippen molar-refractivity contribution >= 4 is 5.91 Å². The number of amides is 1. The summed E-state index contributed by atoms with van der Waals surface area (Å²) in [4.78, 5) is 11.3. The van der Waals surface area contributed by atoms with Crippen LogP contribution in [0.15, 0.2) is 60.7 Å². The Bertz CT molecular complexity index is 1210. The van der Waals surface area contributed by atoms with E-state index in [1.54, 1.807) is 25.3 Å². The molecule has 0 saturated heterocycles. The summed E-state index contributed by atoms with van der Waals surface area (Å²) in [5, 5.41) is 14.0. The maximum atomic E-state index is 14.0. The molecule has 1 aliphatic rings. The van der Waals surface area contributed by atoms with Gasteiger partial charge in [0.25, 0.3) is 0 Å². The van der Waals surface area contributed by atoms with Gasteiger partial charge in [0.15, 0.2) is 11.5 Å². The molecule has 2 N–H and O–H groups in total. The quantitative estimate of drug-likeness (QED) is 0.363. The standard InChI is InChI=1S/C30H34FNO5/c1-20(33)32-17-16-21-10-15-28(30(34)29(21)22-7-5-8-24(31)18-22)37-26-13-11-25(12-14-26)36-19-23-6-3-4-9-27(23)35-2/h3-10,15,18,25-26,34H,11-14,16-17,19H2,1-2H3,(H,32,33). The van der Waals surface area contributed by atoms with Crippen LogP contribution in [0.1, 0.15) is 43.7 Å². The van der Waals surface area contributed by atoms with E-state index in [1.807, 2.05) is 30.3 Å². The fourth-order valence-corrected chi connectivity index (χ4v) is 4.78. The molecule has 1 aliphatic carbocycles. The lowest BCUT2D eigenvalue weighted by Gasteiger charge is -2.29. The highest BCUT2D eigenvalue weighted by Crippen LogP contribution is 2.41. The number of ether oxygens (including phenoxy) is 3. The maximum absolute atomic E-state index is 14.0. The maximum Gasteiger partial charge on any atom is 0.216 e. The van der Waals surface area contributed by atoms with Crippen molar-refractivity contribution in [2.45, 2.75) is 57.8 Å². The molecule has 0 bridgehead atoms. The van der Waals surface area contributed by atoms with Gasteiger partial charge in [0.05, 0.1) is 25.9 Å². The summed E-state index contributed by atoms with van der Waals surface area (Å²) in [7, 11) is 1.66. The Morgan fingerprint density at radius 1 is 0.973 bits per heavy atom. The molecule has 0 radical (unpaired) electrons. The average molecular weight is 508 g/mol. The molecule has 6 nitrogen and oxygen atoms in total. The van der Waals surface area contributed by atoms with Crippen LogP contribution >= 0.6 is 0 Å². The second-order valence-corrected chi connectivity index (χ2v) is 9.33. The monoisotopic (exact) mass is 507 g/mol. The molecule has 3 aromatic rings. The molecular weight excluding hydrogens is 473 g/mol. The highest BCUT2D eigenvalue weighted by molar-refractivity contribution is 5.77. The zero-order valence-corrected chi connectivity index (χ0v) is 21.3. The number of aromatic hydroxyl groups is 1. The molecule has 0 atom stereocenters. The first-order valence-corrected chi connectivity index (χ1v) is 12.7. The number of hydrogen-bond acceptors (Lipinski definition) is 5. The molecule has 0 aromatic heterocycles. The van der Waals surface area contributed by atoms with Crippen molar-refractivity contribution in [2.24, 2.45) is 0 Å². The van der Waals surface area contributed by atoms with Gasteiger partial charge in [-0.3, -0.25) is 4.79 Å². The van der Waals surface area contributed by atoms with Gasteiger partial charge < -0.3 is 24.6 Å². The van der Waals surface area contributed by atoms with Crippen LogP contribution in [0.2, 0.25) is 0 Å². The number of rotatable bonds is 10. The van der Waals surface area contributed by atoms with Crippen molar-refractivity contribution in [1.82, 2.24) is 5.32 Å². The first kappa shape index (κ1) is 26.5. The Morgan fingerprint density at radius 3 is 2.46 bits per heavy atom. The third kappa shape index (κ3) is 7.01. The van der Waals surface area contributed by atoms with Crippen LogP contribution in [0.5, 0.6) is 17.2 Å². The van der Waals surface area contributed by atoms with Crippen LogP contribution < -0.4 is 14.8 Å². The predicted molar refractivity (Wildman–Crippen MR) is 140 cm³/mol. The summed E-state index contributed by atoms with van der Waals surface area (Å²) in [5.74, 6) is 0.674. The third-order valence-corrected chi connectivity index (χ3v) is 6.69. The summed E-state index contributed by atoms with van der Waals surface area (Å²) < 4.78 is 31.8. The summed E-state index contributed by atoms with van der Waals surface area (Å²) in [5.41, 5.74) is 2.92. The molecule has 7 heteroatoms. The minimum Gasteiger partial charge on any atom is -0.504 e. The zero-order valence-electron chi connectivity index (χ0n) is 21.3. The zero-order chi connectivity index (χ0) is 26.2. The second-order valence-electron chi connectivity index (χ2n) is 9.33. The van der Waals surface area contributed by atoms with Crippen LogP contribution in [0.3, 0.4) is 0 Å². The van der Waals surface area contributed by atoms with Gasteiger partial charge in [0, 0.05) is 24.6 Å². The van der Waals surface area contributed by atoms with Crippen molar-refractivity contribution < 1.29 is 28.5 Å². The van der Waals surface area contributed by atoms with E-state index in [4.69, 9.17) is 14.2 Å². The smallest absolute Gasteiger partial charge is 0.216 e. The normalized spacial score (nSPS) is 17.3. The fourth-order valence-electron chi connectivity index (χ4n) is 4.78. The lowest BCUT2D eigenvalue weighted by molar-refractivity contribution is -0.118. The van der Waals surface area contributed by atoms with Crippen LogP contribution in [-0.2, 0) is 22.6 Å². The van der Waals surface area contributed by atoms with Crippen LogP contribution in [-0.4, -0.2) is 36.9 Å². The van der Waals surface area contributed by atoms with E-state index in [2.05, 4.69) is 5.32 Å². The van der Waals surface area contributed by atoms with Crippen molar-refractivity contribution in [3.63, 3.8) is 0 Å². The molecule has 1 fully saturated rings. The average Bonchev–Trinajstić information content (AvgIpc) is 2.90. The Labute approximate surface area is 217 Å². The van der Waals surface area contributed by atoms with E-state index >= 15 is 0 Å². The molecule has 3 aromatic carbocycles. The van der Waals surface area contributed by atoms with Crippen LogP contribution in [0.4, 0.5) is 4.39 Å². The molecule has 0 heterocycles. The van der Waals surface area contributed by atoms with E-state index in [-0.39, 0.29) is 29.7 Å². The molecule has 196 valence electrons. The molecule has 1 amide bonds. The van der Waals surface area contributed by atoms with Crippen LogP contribution in [0.25, 0.3) is 11.1 Å². The van der Waals surface area contributed by atoms with Crippen molar-refractivity contribution in [2.75, 3.05) is 13.7 Å². The number of para-hydroxylation sites is 1. The minimum atomic E-state index is -0.387. The van der Waals surface area contributed by atoms with E-state index in [0.29, 0.717) is 36.4 Å². The van der Waals surface area contributed by atoms with E-state index in [9.17, 15) is 14.3 Å². The van der Waals surface area contributed by atoms with E-state index in [0.717, 1.165) is 42.6 Å². The van der Waals surface area contributed by atoms with Gasteiger partial charge in [-0.1, -0.05) is 36.4 Å². The Hall–Kier alpha value is -3.58. The highest BCUT2D eigenvalue weighted by Gasteiger charge is 2.25. The van der Waals surface area contributed by atoms with Gasteiger partial charge >= 0.3 is 0 Å². The van der Waals surface area contributed by atoms with E-state index < -0.39 is 0 Å². The van der Waals surface area contributed by atoms with Crippen molar-refractivity contribution in [3.8, 4) is 28.4 Å². The summed E-state index contributed by atoms with van der Waals surface area (Å²) in [6.07, 6.45) is 3.89. The fraction of sp³-hybridized carbons (Fsp3) is 0.367. The number of hydrogen-bond donors (Lipinski definition) is 2. The molecule has 0 aliphatic heterocycles. The largest absolute Gasteiger partial charge is 0.504 e. The van der Waals surface area contributed by atoms with Gasteiger partial charge in [-0.2, -0.15) is 0 Å². The van der Waals surface area contributed by atoms with Crippen molar-refractivity contribution in [1.29, 1.82) is 0 Å². The van der Waals surface area contributed by atoms with Gasteiger partial charge in [-0.05, 0) is 67.5 Å². The SMILES string of the molecule is COc1ccccc1COC1CCC(Oc2ccc(CCNC(C)=O)c(-c3cccc(F)c3)c2O)CC1. The predicted octanol–water partition coefficient (Wildman–Crippen LogP) is 5.79. The number of halogens is 1. The number of methoxy groups -OCH3 is 1. The van der Waals surface area contributed by atoms with Crippen LogP contribution in [0, 0.1) is 5.82 Å². The number of phenolic OH excluding ortho intramolecular Hbond substituents is 1. The molecular formula is C30H34FNO5. The molecule has 4 rings (SSSR count). The number of carbonyl (C=O) groups is 1. The summed E-state index contributed by atoms with van der Waals surface area (Å²) >= 11 is 0. The second kappa shape index (κ2) is 12.6. The topological polar surface area (TPSA) is 77.0 Å². The number of phenols is 1. The number of nitrogens with one attached hydrogen (secondary N) is 1. The highest BCUT2D eigenvalue weighted by atomic mass is 19.1. The summed E-state index contributed by atoms with van der Waals surface area (Å²) in [6, 6.07) is 17.6. The van der Waals surface area contributed by atoms with Gasteiger partial charge in [0.2, 0.25) is 5.91 Å². The molecule has 0 unspecified atom stereocenters. The van der Waals surface area contributed by atoms with Crippen molar-refractivity contribution in [3.05, 3.63) is 77.6 Å². The van der Waals surface area contributed by atoms with E-state index in [1.165, 1.54) is 19.1 Å². The Kier molecular flexibility index (Phi) is 9.01. The lowest BCUT2D eigenvalue weighted by atomic mass is 9.94. The Morgan fingerprint density at radius 2 is 1.73 bits per heavy atom. The Balaban J connectivity index is 1.42.